The third-order valence-electron chi connectivity index (χ3n) is 1.01. The van der Waals surface area contributed by atoms with Gasteiger partial charge >= 0.3 is 0 Å². The van der Waals surface area contributed by atoms with Crippen molar-refractivity contribution in [3.63, 3.8) is 0 Å². The monoisotopic (exact) mass is 464 g/mol. The molecule has 0 fully saturated rings. The number of carbonyl (C=O) groups is 1. The third-order valence-corrected chi connectivity index (χ3v) is 1.01. The van der Waals surface area contributed by atoms with Crippen LogP contribution in [0.2, 0.25) is 0 Å². The fourth-order valence-electron chi connectivity index (χ4n) is 0.623. The van der Waals surface area contributed by atoms with E-state index in [0.717, 1.165) is 19.3 Å². The van der Waals surface area contributed by atoms with Gasteiger partial charge in [-0.2, -0.15) is 0 Å². The molecule has 0 unspecified atom stereocenters. The van der Waals surface area contributed by atoms with Crippen LogP contribution >= 0.6 is 0 Å². The second-order valence-electron chi connectivity index (χ2n) is 1.67. The summed E-state index contributed by atoms with van der Waals surface area (Å²) in [6.45, 7) is 0. The van der Waals surface area contributed by atoms with Crippen molar-refractivity contribution in [1.29, 1.82) is 0 Å². The van der Waals surface area contributed by atoms with E-state index in [0.29, 0.717) is 0 Å². The Morgan fingerprint density at radius 2 is 2.00 bits per heavy atom. The predicted octanol–water partition coefficient (Wildman–Crippen LogP) is -5.27. The molecular weight excluding hydrogens is 457 g/mol. The topological polar surface area (TPSA) is 17.1 Å². The number of ketones is 1. The molecule has 1 rings (SSSR count). The molecule has 1 aliphatic rings. The van der Waals surface area contributed by atoms with Crippen LogP contribution in [-0.4, -0.2) is 31.6 Å². The van der Waals surface area contributed by atoms with Gasteiger partial charge in [-0.15, -0.1) is 0 Å². The Morgan fingerprint density at radius 1 is 1.40 bits per heavy atom. The molecule has 0 aromatic heterocycles. The van der Waals surface area contributed by atoms with Gasteiger partial charge in [0.05, 0.1) is 0 Å². The van der Waals surface area contributed by atoms with Gasteiger partial charge < -0.3 is 48.0 Å². The van der Waals surface area contributed by atoms with E-state index >= 15 is 0 Å². The van der Waals surface area contributed by atoms with E-state index in [2.05, 4.69) is 6.08 Å². The molecule has 0 heterocycles. The normalized spacial score (nSPS) is 14.2. The zero-order chi connectivity index (χ0) is 5.11. The molecule has 4 radical (unpaired) electrons. The van der Waals surface area contributed by atoms with Crippen molar-refractivity contribution in [1.82, 2.24) is 0 Å². The van der Waals surface area contributed by atoms with Gasteiger partial charge in [0.25, 0.3) is 0 Å². The van der Waals surface area contributed by atoms with Gasteiger partial charge in [-0.25, -0.2) is 0 Å². The maximum Gasteiger partial charge on any atom is 0.155 e. The van der Waals surface area contributed by atoms with Gasteiger partial charge in [0.15, 0.2) is 5.78 Å². The van der Waals surface area contributed by atoms with Crippen LogP contribution in [0.1, 0.15) is 19.3 Å². The summed E-state index contributed by atoms with van der Waals surface area (Å²) in [6.07, 6.45) is 7.09. The van der Waals surface area contributed by atoms with E-state index in [4.69, 9.17) is 0 Å². The molecular formula is C6H7I2InO-2. The molecule has 0 amide bonds. The van der Waals surface area contributed by atoms with E-state index in [1.54, 1.807) is 6.08 Å². The first-order chi connectivity index (χ1) is 3.39. The Labute approximate surface area is 114 Å². The van der Waals surface area contributed by atoms with Crippen LogP contribution in [0.4, 0.5) is 0 Å². The molecule has 0 saturated heterocycles. The second-order valence-corrected chi connectivity index (χ2v) is 1.67. The Balaban J connectivity index is -0.000000163. The standard InChI is InChI=1S/C6H7O.2HI.In/c7-6-4-2-1-3-5-6;;;/h5H,1-2,4H2;2*1H;/p-2. The van der Waals surface area contributed by atoms with Crippen molar-refractivity contribution in [3.8, 4) is 0 Å². The molecule has 0 aliphatic heterocycles. The molecule has 0 saturated carbocycles. The van der Waals surface area contributed by atoms with Gasteiger partial charge in [0.1, 0.15) is 0 Å². The first-order valence-corrected chi connectivity index (χ1v) is 2.49. The Hall–Kier alpha value is 1.74. The van der Waals surface area contributed by atoms with Crippen molar-refractivity contribution in [2.24, 2.45) is 0 Å². The van der Waals surface area contributed by atoms with Crippen molar-refractivity contribution in [2.75, 3.05) is 0 Å². The molecule has 1 nitrogen and oxygen atoms in total. The minimum atomic E-state index is 0. The van der Waals surface area contributed by atoms with E-state index in [1.807, 2.05) is 0 Å². The number of hydrogen-bond donors (Lipinski definition) is 0. The van der Waals surface area contributed by atoms with Gasteiger partial charge in [-0.05, 0) is 25.0 Å². The molecule has 0 aromatic rings. The van der Waals surface area contributed by atoms with Crippen molar-refractivity contribution < 1.29 is 52.7 Å². The summed E-state index contributed by atoms with van der Waals surface area (Å²) >= 11 is 0. The molecule has 0 atom stereocenters. The Morgan fingerprint density at radius 3 is 2.20 bits per heavy atom. The first-order valence-electron chi connectivity index (χ1n) is 2.49. The van der Waals surface area contributed by atoms with E-state index in [9.17, 15) is 4.79 Å². The molecule has 0 N–H and O–H groups in total. The van der Waals surface area contributed by atoms with Crippen molar-refractivity contribution in [3.05, 3.63) is 12.2 Å². The van der Waals surface area contributed by atoms with E-state index < -0.39 is 0 Å². The van der Waals surface area contributed by atoms with Crippen LogP contribution in [0.5, 0.6) is 0 Å². The third kappa shape index (κ3) is 7.84. The summed E-state index contributed by atoms with van der Waals surface area (Å²) in [5.74, 6) is 0.228. The average Bonchev–Trinajstić information content (AvgIpc) is 1.69. The molecule has 4 heteroatoms. The smallest absolute Gasteiger partial charge is 0.155 e. The summed E-state index contributed by atoms with van der Waals surface area (Å²) in [5, 5.41) is 0. The zero-order valence-electron chi connectivity index (χ0n) is 5.44. The van der Waals surface area contributed by atoms with Gasteiger partial charge in [-0.1, -0.05) is 0 Å². The van der Waals surface area contributed by atoms with Crippen molar-refractivity contribution >= 4 is 31.6 Å². The summed E-state index contributed by atoms with van der Waals surface area (Å²) < 4.78 is 0. The van der Waals surface area contributed by atoms with Crippen molar-refractivity contribution in [2.45, 2.75) is 19.3 Å². The van der Waals surface area contributed by atoms with E-state index in [-0.39, 0.29) is 79.6 Å². The molecule has 0 aromatic carbocycles. The van der Waals surface area contributed by atoms with Crippen LogP contribution in [0, 0.1) is 6.08 Å². The first kappa shape index (κ1) is 17.7. The number of rotatable bonds is 0. The van der Waals surface area contributed by atoms with Crippen LogP contribution in [-0.2, 0) is 4.79 Å². The average molecular weight is 464 g/mol. The van der Waals surface area contributed by atoms with Gasteiger partial charge in [-0.3, -0.25) is 4.79 Å². The van der Waals surface area contributed by atoms with E-state index in [1.165, 1.54) is 0 Å². The van der Waals surface area contributed by atoms with Gasteiger partial charge in [0, 0.05) is 32.3 Å². The number of hydrogen-bond acceptors (Lipinski definition) is 1. The summed E-state index contributed by atoms with van der Waals surface area (Å²) in [6, 6.07) is 0. The number of carbonyl (C=O) groups excluding carboxylic acids is 1. The molecule has 10 heavy (non-hydrogen) atoms. The van der Waals surface area contributed by atoms with Crippen LogP contribution in [0.25, 0.3) is 0 Å². The minimum Gasteiger partial charge on any atom is -1.00 e. The fourth-order valence-corrected chi connectivity index (χ4v) is 0.623. The summed E-state index contributed by atoms with van der Waals surface area (Å²) in [7, 11) is 0. The summed E-state index contributed by atoms with van der Waals surface area (Å²) in [5.41, 5.74) is 0. The quantitative estimate of drug-likeness (QED) is 0.328. The molecule has 0 bridgehead atoms. The Kier molecular flexibility index (Phi) is 19.0. The van der Waals surface area contributed by atoms with Gasteiger partial charge in [0.2, 0.25) is 0 Å². The molecule has 1 aliphatic carbocycles. The number of halogens is 2. The van der Waals surface area contributed by atoms with Crippen LogP contribution in [0.3, 0.4) is 0 Å². The summed E-state index contributed by atoms with van der Waals surface area (Å²) in [4.78, 5) is 10.3. The van der Waals surface area contributed by atoms with Crippen LogP contribution < -0.4 is 48.0 Å². The Bertz CT molecular complexity index is 114. The minimum absolute atomic E-state index is 0. The maximum atomic E-state index is 10.3. The largest absolute Gasteiger partial charge is 1.00 e. The second kappa shape index (κ2) is 10.7. The predicted molar refractivity (Wildman–Crippen MR) is 32.4 cm³/mol. The molecule has 56 valence electrons. The maximum absolute atomic E-state index is 10.3. The zero-order valence-corrected chi connectivity index (χ0v) is 13.1. The number of allylic oxidation sites excluding steroid dienone is 2. The fraction of sp³-hybridized carbons (Fsp3) is 0.500. The van der Waals surface area contributed by atoms with Crippen LogP contribution in [0.15, 0.2) is 6.08 Å². The SMILES string of the molecule is O=C1C=[C]CCC1.[I-].[I-].[In]. The molecule has 0 spiro atoms.